The molecule has 0 spiro atoms. The smallest absolute Gasteiger partial charge is 0.319 e. The molecule has 1 heterocycles. The standard InChI is InChI=1S/C9H11FN4O2/c1-6-7(10)4-11-9(8(6)14(15)16)12-5-13(2)3/h4-5H,1-3H3. The summed E-state index contributed by atoms with van der Waals surface area (Å²) in [6.45, 7) is 1.32. The van der Waals surface area contributed by atoms with Crippen molar-refractivity contribution in [3.8, 4) is 0 Å². The van der Waals surface area contributed by atoms with Crippen LogP contribution in [0.25, 0.3) is 0 Å². The van der Waals surface area contributed by atoms with Gasteiger partial charge in [-0.1, -0.05) is 0 Å². The van der Waals surface area contributed by atoms with E-state index in [9.17, 15) is 14.5 Å². The highest BCUT2D eigenvalue weighted by Gasteiger charge is 2.21. The molecular formula is C9H11FN4O2. The molecule has 1 aromatic rings. The van der Waals surface area contributed by atoms with Crippen LogP contribution in [0.2, 0.25) is 0 Å². The van der Waals surface area contributed by atoms with Crippen LogP contribution in [0.1, 0.15) is 5.56 Å². The van der Waals surface area contributed by atoms with Gasteiger partial charge in [0.25, 0.3) is 0 Å². The van der Waals surface area contributed by atoms with Gasteiger partial charge in [-0.3, -0.25) is 10.1 Å². The predicted octanol–water partition coefficient (Wildman–Crippen LogP) is 1.66. The highest BCUT2D eigenvalue weighted by atomic mass is 19.1. The van der Waals surface area contributed by atoms with Crippen molar-refractivity contribution in [2.75, 3.05) is 14.1 Å². The summed E-state index contributed by atoms with van der Waals surface area (Å²) < 4.78 is 13.1. The van der Waals surface area contributed by atoms with Gasteiger partial charge in [0.2, 0.25) is 5.82 Å². The lowest BCUT2D eigenvalue weighted by molar-refractivity contribution is -0.385. The van der Waals surface area contributed by atoms with Gasteiger partial charge in [-0.05, 0) is 6.92 Å². The van der Waals surface area contributed by atoms with E-state index >= 15 is 0 Å². The Bertz CT molecular complexity index is 445. The quantitative estimate of drug-likeness (QED) is 0.340. The molecule has 0 aliphatic heterocycles. The molecule has 0 aliphatic carbocycles. The summed E-state index contributed by atoms with van der Waals surface area (Å²) in [5.74, 6) is -0.812. The number of halogens is 1. The minimum absolute atomic E-state index is 0.0640. The maximum atomic E-state index is 13.1. The summed E-state index contributed by atoms with van der Waals surface area (Å²) in [7, 11) is 3.43. The average molecular weight is 226 g/mol. The molecule has 0 saturated heterocycles. The Balaban J connectivity index is 3.29. The van der Waals surface area contributed by atoms with E-state index in [2.05, 4.69) is 9.98 Å². The first-order valence-corrected chi connectivity index (χ1v) is 4.43. The number of rotatable bonds is 3. The van der Waals surface area contributed by atoms with Crippen LogP contribution in [0.4, 0.5) is 15.9 Å². The van der Waals surface area contributed by atoms with Gasteiger partial charge in [0, 0.05) is 14.1 Å². The number of aliphatic imine (C=N–C) groups is 1. The van der Waals surface area contributed by atoms with Gasteiger partial charge in [-0.25, -0.2) is 14.4 Å². The number of pyridine rings is 1. The maximum Gasteiger partial charge on any atom is 0.319 e. The molecule has 0 aromatic carbocycles. The molecule has 1 aromatic heterocycles. The Morgan fingerprint density at radius 2 is 2.25 bits per heavy atom. The summed E-state index contributed by atoms with van der Waals surface area (Å²) in [6, 6.07) is 0. The molecule has 0 aliphatic rings. The zero-order valence-electron chi connectivity index (χ0n) is 9.14. The average Bonchev–Trinajstić information content (AvgIpc) is 2.19. The zero-order valence-corrected chi connectivity index (χ0v) is 9.14. The van der Waals surface area contributed by atoms with Crippen LogP contribution in [-0.2, 0) is 0 Å². The Morgan fingerprint density at radius 1 is 1.62 bits per heavy atom. The molecule has 0 fully saturated rings. The largest absolute Gasteiger partial charge is 0.369 e. The lowest BCUT2D eigenvalue weighted by Crippen LogP contribution is -2.07. The van der Waals surface area contributed by atoms with E-state index in [1.54, 1.807) is 19.0 Å². The van der Waals surface area contributed by atoms with Crippen LogP contribution >= 0.6 is 0 Å². The van der Waals surface area contributed by atoms with E-state index in [0.29, 0.717) is 0 Å². The fourth-order valence-corrected chi connectivity index (χ4v) is 1.04. The van der Waals surface area contributed by atoms with Gasteiger partial charge in [0.05, 0.1) is 23.0 Å². The molecule has 0 saturated carbocycles. The van der Waals surface area contributed by atoms with E-state index in [4.69, 9.17) is 0 Å². The van der Waals surface area contributed by atoms with Crippen LogP contribution in [0, 0.1) is 22.9 Å². The minimum Gasteiger partial charge on any atom is -0.369 e. The van der Waals surface area contributed by atoms with E-state index in [-0.39, 0.29) is 11.4 Å². The minimum atomic E-state index is -0.712. The second-order valence-corrected chi connectivity index (χ2v) is 3.37. The normalized spacial score (nSPS) is 10.8. The van der Waals surface area contributed by atoms with Gasteiger partial charge in [0.15, 0.2) is 5.82 Å². The third-order valence-corrected chi connectivity index (χ3v) is 1.82. The molecule has 1 rings (SSSR count). The predicted molar refractivity (Wildman–Crippen MR) is 57.4 cm³/mol. The molecular weight excluding hydrogens is 215 g/mol. The topological polar surface area (TPSA) is 71.6 Å². The monoisotopic (exact) mass is 226 g/mol. The van der Waals surface area contributed by atoms with Gasteiger partial charge in [0.1, 0.15) is 0 Å². The van der Waals surface area contributed by atoms with Crippen molar-refractivity contribution in [3.05, 3.63) is 27.7 Å². The summed E-state index contributed by atoms with van der Waals surface area (Å²) in [5, 5.41) is 10.8. The SMILES string of the molecule is Cc1c(F)cnc(N=CN(C)C)c1[N+](=O)[O-]. The van der Waals surface area contributed by atoms with E-state index in [0.717, 1.165) is 6.20 Å². The van der Waals surface area contributed by atoms with Crippen molar-refractivity contribution in [1.29, 1.82) is 0 Å². The lowest BCUT2D eigenvalue weighted by atomic mass is 10.2. The highest BCUT2D eigenvalue weighted by Crippen LogP contribution is 2.29. The van der Waals surface area contributed by atoms with Crippen molar-refractivity contribution in [1.82, 2.24) is 9.88 Å². The highest BCUT2D eigenvalue weighted by molar-refractivity contribution is 5.65. The molecule has 0 bridgehead atoms. The fourth-order valence-electron chi connectivity index (χ4n) is 1.04. The zero-order chi connectivity index (χ0) is 12.3. The van der Waals surface area contributed by atoms with Crippen molar-refractivity contribution >= 4 is 17.8 Å². The van der Waals surface area contributed by atoms with Gasteiger partial charge in [-0.2, -0.15) is 0 Å². The van der Waals surface area contributed by atoms with Crippen molar-refractivity contribution in [3.63, 3.8) is 0 Å². The van der Waals surface area contributed by atoms with Crippen molar-refractivity contribution in [2.45, 2.75) is 6.92 Å². The summed E-state index contributed by atoms with van der Waals surface area (Å²) in [6.07, 6.45) is 2.29. The lowest BCUT2D eigenvalue weighted by Gasteiger charge is -2.04. The number of nitrogens with zero attached hydrogens (tertiary/aromatic N) is 4. The first-order chi connectivity index (χ1) is 7.43. The fraction of sp³-hybridized carbons (Fsp3) is 0.333. The summed E-state index contributed by atoms with van der Waals surface area (Å²) in [4.78, 5) is 19.1. The van der Waals surface area contributed by atoms with Crippen LogP contribution < -0.4 is 0 Å². The molecule has 0 atom stereocenters. The first-order valence-electron chi connectivity index (χ1n) is 4.43. The Kier molecular flexibility index (Phi) is 3.49. The van der Waals surface area contributed by atoms with Crippen molar-refractivity contribution < 1.29 is 9.31 Å². The Labute approximate surface area is 91.6 Å². The number of hydrogen-bond acceptors (Lipinski definition) is 4. The molecule has 7 heteroatoms. The van der Waals surface area contributed by atoms with E-state index in [1.165, 1.54) is 13.3 Å². The molecule has 0 radical (unpaired) electrons. The Hall–Kier alpha value is -2.05. The molecule has 0 N–H and O–H groups in total. The Morgan fingerprint density at radius 3 is 2.75 bits per heavy atom. The molecule has 6 nitrogen and oxygen atoms in total. The number of aromatic nitrogens is 1. The summed E-state index contributed by atoms with van der Waals surface area (Å²) >= 11 is 0. The third-order valence-electron chi connectivity index (χ3n) is 1.82. The molecule has 16 heavy (non-hydrogen) atoms. The third kappa shape index (κ3) is 2.50. The molecule has 0 unspecified atom stereocenters. The van der Waals surface area contributed by atoms with E-state index < -0.39 is 16.4 Å². The van der Waals surface area contributed by atoms with Gasteiger partial charge < -0.3 is 4.90 Å². The molecule has 0 amide bonds. The number of hydrogen-bond donors (Lipinski definition) is 0. The maximum absolute atomic E-state index is 13.1. The van der Waals surface area contributed by atoms with Gasteiger partial charge >= 0.3 is 5.69 Å². The second kappa shape index (κ2) is 4.65. The van der Waals surface area contributed by atoms with E-state index in [1.807, 2.05) is 0 Å². The van der Waals surface area contributed by atoms with Crippen LogP contribution in [0.15, 0.2) is 11.2 Å². The molecule has 86 valence electrons. The summed E-state index contributed by atoms with van der Waals surface area (Å²) in [5.41, 5.74) is -0.469. The second-order valence-electron chi connectivity index (χ2n) is 3.37. The van der Waals surface area contributed by atoms with Crippen molar-refractivity contribution in [2.24, 2.45) is 4.99 Å². The van der Waals surface area contributed by atoms with Crippen LogP contribution in [0.5, 0.6) is 0 Å². The van der Waals surface area contributed by atoms with Crippen LogP contribution in [0.3, 0.4) is 0 Å². The van der Waals surface area contributed by atoms with Crippen LogP contribution in [-0.4, -0.2) is 35.2 Å². The van der Waals surface area contributed by atoms with Gasteiger partial charge in [-0.15, -0.1) is 0 Å². The first kappa shape index (κ1) is 12.0. The number of nitro groups is 1.